The summed E-state index contributed by atoms with van der Waals surface area (Å²) >= 11 is 6.02. The minimum absolute atomic E-state index is 0.00579. The molecule has 2 atom stereocenters. The van der Waals surface area contributed by atoms with Crippen molar-refractivity contribution in [1.29, 1.82) is 0 Å². The number of nitrogens with one attached hydrogen (secondary N) is 4. The van der Waals surface area contributed by atoms with Gasteiger partial charge in [-0.2, -0.15) is 0 Å². The van der Waals surface area contributed by atoms with E-state index in [1.54, 1.807) is 0 Å². The second-order valence-electron chi connectivity index (χ2n) is 7.44. The van der Waals surface area contributed by atoms with Gasteiger partial charge in [-0.25, -0.2) is 0 Å². The standard InChI is InChI=1S/C20H23ClN4O5/c1-22-20(30)16(26)15(8-11-6-7-23-17(11)27)25-19(29)13-9-12(21)4-5-14(13)24-18(28)10-2-3-10/h4-5,9-11,15H,2-3,6-8H2,1H3,(H,22,30)(H,23,27)(H,24,28)(H,25,29)/t11-,15?/m0/s1. The lowest BCUT2D eigenvalue weighted by atomic mass is 9.95. The maximum absolute atomic E-state index is 13.0. The largest absolute Gasteiger partial charge is 0.356 e. The molecule has 2 fully saturated rings. The average Bonchev–Trinajstić information content (AvgIpc) is 3.51. The topological polar surface area (TPSA) is 133 Å². The van der Waals surface area contributed by atoms with Crippen molar-refractivity contribution in [1.82, 2.24) is 16.0 Å². The molecule has 1 aliphatic heterocycles. The molecule has 4 amide bonds. The van der Waals surface area contributed by atoms with Crippen molar-refractivity contribution in [2.24, 2.45) is 11.8 Å². The van der Waals surface area contributed by atoms with Gasteiger partial charge >= 0.3 is 0 Å². The van der Waals surface area contributed by atoms with Crippen molar-refractivity contribution in [2.75, 3.05) is 18.9 Å². The van der Waals surface area contributed by atoms with Crippen molar-refractivity contribution in [3.05, 3.63) is 28.8 Å². The number of Topliss-reactive ketones (excluding diaryl/α,β-unsaturated/α-hetero) is 1. The van der Waals surface area contributed by atoms with Crippen LogP contribution in [-0.2, 0) is 19.2 Å². The van der Waals surface area contributed by atoms with Crippen molar-refractivity contribution in [3.63, 3.8) is 0 Å². The Labute approximate surface area is 178 Å². The van der Waals surface area contributed by atoms with E-state index in [0.717, 1.165) is 12.8 Å². The average molecular weight is 435 g/mol. The lowest BCUT2D eigenvalue weighted by Crippen LogP contribution is -2.48. The summed E-state index contributed by atoms with van der Waals surface area (Å²) in [6, 6.07) is 3.23. The van der Waals surface area contributed by atoms with Gasteiger partial charge in [-0.3, -0.25) is 24.0 Å². The lowest BCUT2D eigenvalue weighted by molar-refractivity contribution is -0.139. The zero-order chi connectivity index (χ0) is 21.8. The van der Waals surface area contributed by atoms with Crippen LogP contribution in [0.4, 0.5) is 5.69 Å². The number of rotatable bonds is 8. The molecule has 9 nitrogen and oxygen atoms in total. The van der Waals surface area contributed by atoms with Crippen LogP contribution in [0.5, 0.6) is 0 Å². The molecule has 1 aromatic carbocycles. The smallest absolute Gasteiger partial charge is 0.289 e. The predicted octanol–water partition coefficient (Wildman–Crippen LogP) is 0.628. The molecule has 4 N–H and O–H groups in total. The van der Waals surface area contributed by atoms with Crippen LogP contribution in [-0.4, -0.2) is 49.0 Å². The Hall–Kier alpha value is -2.94. The van der Waals surface area contributed by atoms with E-state index in [1.807, 2.05) is 0 Å². The van der Waals surface area contributed by atoms with Crippen LogP contribution in [0.3, 0.4) is 0 Å². The molecule has 0 radical (unpaired) electrons. The molecule has 0 spiro atoms. The molecule has 160 valence electrons. The normalized spacial score (nSPS) is 18.9. The summed E-state index contributed by atoms with van der Waals surface area (Å²) in [6.07, 6.45) is 2.10. The fraction of sp³-hybridized carbons (Fsp3) is 0.450. The van der Waals surface area contributed by atoms with E-state index < -0.39 is 29.6 Å². The molecule has 1 heterocycles. The third-order valence-electron chi connectivity index (χ3n) is 5.19. The van der Waals surface area contributed by atoms with Crippen LogP contribution in [0.2, 0.25) is 5.02 Å². The van der Waals surface area contributed by atoms with Crippen LogP contribution in [0.25, 0.3) is 0 Å². The Morgan fingerprint density at radius 3 is 2.53 bits per heavy atom. The van der Waals surface area contributed by atoms with Gasteiger partial charge < -0.3 is 21.3 Å². The highest BCUT2D eigenvalue weighted by Gasteiger charge is 2.35. The van der Waals surface area contributed by atoms with Crippen molar-refractivity contribution in [2.45, 2.75) is 31.7 Å². The zero-order valence-corrected chi connectivity index (χ0v) is 17.2. The summed E-state index contributed by atoms with van der Waals surface area (Å²) < 4.78 is 0. The van der Waals surface area contributed by atoms with E-state index in [2.05, 4.69) is 21.3 Å². The summed E-state index contributed by atoms with van der Waals surface area (Å²) in [5.41, 5.74) is 0.334. The van der Waals surface area contributed by atoms with Crippen LogP contribution >= 0.6 is 11.6 Å². The number of anilines is 1. The SMILES string of the molecule is CNC(=O)C(=O)C(C[C@@H]1CCNC1=O)NC(=O)c1cc(Cl)ccc1NC(=O)C1CC1. The summed E-state index contributed by atoms with van der Waals surface area (Å²) in [5, 5.41) is 10.4. The molecule has 1 aliphatic carbocycles. The Bertz CT molecular complexity index is 899. The Morgan fingerprint density at radius 1 is 1.20 bits per heavy atom. The molecular weight excluding hydrogens is 412 g/mol. The second-order valence-corrected chi connectivity index (χ2v) is 7.87. The highest BCUT2D eigenvalue weighted by Crippen LogP contribution is 2.31. The number of halogens is 1. The van der Waals surface area contributed by atoms with E-state index in [0.29, 0.717) is 13.0 Å². The van der Waals surface area contributed by atoms with E-state index in [-0.39, 0.29) is 40.4 Å². The van der Waals surface area contributed by atoms with Crippen molar-refractivity contribution in [3.8, 4) is 0 Å². The van der Waals surface area contributed by atoms with Crippen molar-refractivity contribution < 1.29 is 24.0 Å². The maximum atomic E-state index is 13.0. The highest BCUT2D eigenvalue weighted by molar-refractivity contribution is 6.38. The lowest BCUT2D eigenvalue weighted by Gasteiger charge is -2.20. The second kappa shape index (κ2) is 9.25. The van der Waals surface area contributed by atoms with Crippen LogP contribution in [0.1, 0.15) is 36.0 Å². The minimum atomic E-state index is -1.20. The third-order valence-corrected chi connectivity index (χ3v) is 5.42. The molecule has 1 saturated heterocycles. The van der Waals surface area contributed by atoms with Gasteiger partial charge in [0.05, 0.1) is 17.3 Å². The fourth-order valence-corrected chi connectivity index (χ4v) is 3.47. The van der Waals surface area contributed by atoms with E-state index >= 15 is 0 Å². The van der Waals surface area contributed by atoms with Gasteiger partial charge in [0.15, 0.2) is 0 Å². The first-order chi connectivity index (χ1) is 14.3. The quantitative estimate of drug-likeness (QED) is 0.445. The summed E-state index contributed by atoms with van der Waals surface area (Å²) in [5.74, 6) is -3.36. The number of carbonyl (C=O) groups excluding carboxylic acids is 5. The Kier molecular flexibility index (Phi) is 6.71. The van der Waals surface area contributed by atoms with Crippen LogP contribution in [0, 0.1) is 11.8 Å². The first-order valence-corrected chi connectivity index (χ1v) is 10.1. The predicted molar refractivity (Wildman–Crippen MR) is 109 cm³/mol. The van der Waals surface area contributed by atoms with Gasteiger partial charge in [0, 0.05) is 30.5 Å². The van der Waals surface area contributed by atoms with Gasteiger partial charge in [0.2, 0.25) is 17.6 Å². The summed E-state index contributed by atoms with van der Waals surface area (Å²) in [7, 11) is 1.31. The molecule has 1 saturated carbocycles. The van der Waals surface area contributed by atoms with Crippen LogP contribution in [0.15, 0.2) is 18.2 Å². The number of amides is 4. The van der Waals surface area contributed by atoms with Crippen molar-refractivity contribution >= 4 is 46.7 Å². The Morgan fingerprint density at radius 2 is 1.93 bits per heavy atom. The molecular formula is C20H23ClN4O5. The van der Waals surface area contributed by atoms with E-state index in [1.165, 1.54) is 25.2 Å². The number of carbonyl (C=O) groups is 5. The maximum Gasteiger partial charge on any atom is 0.289 e. The number of hydrogen-bond acceptors (Lipinski definition) is 5. The first kappa shape index (κ1) is 21.8. The molecule has 0 bridgehead atoms. The summed E-state index contributed by atoms with van der Waals surface area (Å²) in [4.78, 5) is 61.4. The number of hydrogen-bond donors (Lipinski definition) is 4. The number of ketones is 1. The molecule has 0 aromatic heterocycles. The molecule has 1 unspecified atom stereocenters. The van der Waals surface area contributed by atoms with E-state index in [4.69, 9.17) is 11.6 Å². The Balaban J connectivity index is 1.81. The van der Waals surface area contributed by atoms with Gasteiger partial charge in [-0.05, 0) is 43.9 Å². The summed E-state index contributed by atoms with van der Waals surface area (Å²) in [6.45, 7) is 0.476. The molecule has 1 aromatic rings. The van der Waals surface area contributed by atoms with Gasteiger partial charge in [0.1, 0.15) is 0 Å². The van der Waals surface area contributed by atoms with Gasteiger partial charge in [-0.1, -0.05) is 11.6 Å². The minimum Gasteiger partial charge on any atom is -0.356 e. The first-order valence-electron chi connectivity index (χ1n) is 9.75. The number of likely N-dealkylation sites (N-methyl/N-ethyl adjacent to an activating group) is 1. The molecule has 10 heteroatoms. The zero-order valence-electron chi connectivity index (χ0n) is 16.4. The third kappa shape index (κ3) is 5.15. The van der Waals surface area contributed by atoms with Gasteiger partial charge in [0.25, 0.3) is 11.8 Å². The molecule has 3 rings (SSSR count). The van der Waals surface area contributed by atoms with E-state index in [9.17, 15) is 24.0 Å². The number of benzene rings is 1. The molecule has 30 heavy (non-hydrogen) atoms. The highest BCUT2D eigenvalue weighted by atomic mass is 35.5. The van der Waals surface area contributed by atoms with Crippen LogP contribution < -0.4 is 21.3 Å². The monoisotopic (exact) mass is 434 g/mol. The fourth-order valence-electron chi connectivity index (χ4n) is 3.30. The van der Waals surface area contributed by atoms with Gasteiger partial charge in [-0.15, -0.1) is 0 Å². The molecule has 2 aliphatic rings.